The highest BCUT2D eigenvalue weighted by molar-refractivity contribution is 9.11. The summed E-state index contributed by atoms with van der Waals surface area (Å²) in [4.78, 5) is 0. The number of hydrogen-bond donors (Lipinski definition) is 1. The number of aliphatic hydroxyl groups excluding tert-OH is 1. The van der Waals surface area contributed by atoms with E-state index in [1.165, 1.54) is 0 Å². The van der Waals surface area contributed by atoms with Gasteiger partial charge in [-0.3, -0.25) is 0 Å². The number of halogens is 2. The molecule has 0 atom stereocenters. The molecule has 0 aliphatic heterocycles. The highest BCUT2D eigenvalue weighted by Crippen LogP contribution is 2.39. The molecule has 94 valence electrons. The number of benzene rings is 1. The molecule has 18 heavy (non-hydrogen) atoms. The van der Waals surface area contributed by atoms with E-state index in [-0.39, 0.29) is 6.61 Å². The van der Waals surface area contributed by atoms with E-state index >= 15 is 0 Å². The van der Waals surface area contributed by atoms with Crippen molar-refractivity contribution in [3.8, 4) is 11.4 Å². The predicted molar refractivity (Wildman–Crippen MR) is 75.1 cm³/mol. The van der Waals surface area contributed by atoms with Crippen molar-refractivity contribution < 1.29 is 5.11 Å². The van der Waals surface area contributed by atoms with E-state index in [9.17, 15) is 5.11 Å². The minimum Gasteiger partial charge on any atom is -0.388 e. The lowest BCUT2D eigenvalue weighted by Crippen LogP contribution is -2.03. The molecule has 0 saturated heterocycles. The van der Waals surface area contributed by atoms with Crippen LogP contribution in [0.1, 0.15) is 24.7 Å². The molecule has 3 rings (SSSR count). The van der Waals surface area contributed by atoms with Crippen LogP contribution in [0.15, 0.2) is 27.1 Å². The Bertz CT molecular complexity index is 573. The van der Waals surface area contributed by atoms with Crippen LogP contribution in [0.25, 0.3) is 11.4 Å². The zero-order valence-corrected chi connectivity index (χ0v) is 12.6. The van der Waals surface area contributed by atoms with Crippen LogP contribution in [-0.2, 0) is 6.61 Å². The Morgan fingerprint density at radius 3 is 2.39 bits per heavy atom. The lowest BCUT2D eigenvalue weighted by Gasteiger charge is -2.08. The number of rotatable bonds is 3. The van der Waals surface area contributed by atoms with Crippen molar-refractivity contribution >= 4 is 31.9 Å². The predicted octanol–water partition coefficient (Wildman–Crippen LogP) is 3.30. The van der Waals surface area contributed by atoms with E-state index in [1.807, 2.05) is 22.8 Å². The van der Waals surface area contributed by atoms with Crippen LogP contribution in [0.2, 0.25) is 0 Å². The molecule has 0 bridgehead atoms. The third-order valence-corrected chi connectivity index (χ3v) is 3.86. The van der Waals surface area contributed by atoms with Crippen LogP contribution in [0.4, 0.5) is 0 Å². The third-order valence-electron chi connectivity index (χ3n) is 2.94. The van der Waals surface area contributed by atoms with Gasteiger partial charge in [0, 0.05) is 20.6 Å². The first-order valence-electron chi connectivity index (χ1n) is 5.70. The SMILES string of the molecule is OCc1nnc(-c2cc(Br)cc(Br)c2)n1C1CC1. The summed E-state index contributed by atoms with van der Waals surface area (Å²) in [5, 5.41) is 17.6. The Morgan fingerprint density at radius 2 is 1.83 bits per heavy atom. The molecule has 1 aromatic heterocycles. The molecule has 1 saturated carbocycles. The van der Waals surface area contributed by atoms with Crippen LogP contribution in [0, 0.1) is 0 Å². The van der Waals surface area contributed by atoms with E-state index in [0.29, 0.717) is 11.9 Å². The van der Waals surface area contributed by atoms with Gasteiger partial charge in [-0.1, -0.05) is 31.9 Å². The molecule has 0 unspecified atom stereocenters. The van der Waals surface area contributed by atoms with Crippen LogP contribution < -0.4 is 0 Å². The van der Waals surface area contributed by atoms with Gasteiger partial charge in [0.15, 0.2) is 11.6 Å². The van der Waals surface area contributed by atoms with Gasteiger partial charge in [0.25, 0.3) is 0 Å². The Labute approximate surface area is 121 Å². The second kappa shape index (κ2) is 4.75. The van der Waals surface area contributed by atoms with Crippen molar-refractivity contribution in [2.45, 2.75) is 25.5 Å². The zero-order chi connectivity index (χ0) is 12.7. The molecule has 6 heteroatoms. The maximum Gasteiger partial charge on any atom is 0.164 e. The minimum absolute atomic E-state index is 0.0708. The van der Waals surface area contributed by atoms with Crippen molar-refractivity contribution in [3.63, 3.8) is 0 Å². The summed E-state index contributed by atoms with van der Waals surface area (Å²) < 4.78 is 4.03. The Kier molecular flexibility index (Phi) is 3.25. The van der Waals surface area contributed by atoms with E-state index in [1.54, 1.807) is 0 Å². The van der Waals surface area contributed by atoms with Crippen molar-refractivity contribution in [1.82, 2.24) is 14.8 Å². The smallest absolute Gasteiger partial charge is 0.164 e. The van der Waals surface area contributed by atoms with Gasteiger partial charge in [-0.25, -0.2) is 0 Å². The van der Waals surface area contributed by atoms with Gasteiger partial charge >= 0.3 is 0 Å². The average molecular weight is 373 g/mol. The second-order valence-electron chi connectivity index (χ2n) is 4.36. The maximum atomic E-state index is 9.32. The van der Waals surface area contributed by atoms with Crippen LogP contribution >= 0.6 is 31.9 Å². The summed E-state index contributed by atoms with van der Waals surface area (Å²) in [6.45, 7) is -0.0708. The van der Waals surface area contributed by atoms with Gasteiger partial charge in [-0.05, 0) is 31.0 Å². The Hall–Kier alpha value is -0.720. The fraction of sp³-hybridized carbons (Fsp3) is 0.333. The molecule has 4 nitrogen and oxygen atoms in total. The van der Waals surface area contributed by atoms with E-state index in [0.717, 1.165) is 33.2 Å². The van der Waals surface area contributed by atoms with Crippen LogP contribution in [0.3, 0.4) is 0 Å². The van der Waals surface area contributed by atoms with Crippen molar-refractivity contribution in [2.24, 2.45) is 0 Å². The fourth-order valence-electron chi connectivity index (χ4n) is 2.03. The zero-order valence-electron chi connectivity index (χ0n) is 9.48. The molecule has 1 N–H and O–H groups in total. The van der Waals surface area contributed by atoms with E-state index in [4.69, 9.17) is 0 Å². The Balaban J connectivity index is 2.13. The largest absolute Gasteiger partial charge is 0.388 e. The van der Waals surface area contributed by atoms with Gasteiger partial charge in [0.1, 0.15) is 6.61 Å². The summed E-state index contributed by atoms with van der Waals surface area (Å²) in [5.41, 5.74) is 0.996. The average Bonchev–Trinajstić information content (AvgIpc) is 3.07. The first-order valence-corrected chi connectivity index (χ1v) is 7.28. The molecule has 0 radical (unpaired) electrons. The molecule has 1 aliphatic carbocycles. The highest BCUT2D eigenvalue weighted by atomic mass is 79.9. The number of hydrogen-bond acceptors (Lipinski definition) is 3. The van der Waals surface area contributed by atoms with E-state index < -0.39 is 0 Å². The maximum absolute atomic E-state index is 9.32. The molecule has 0 spiro atoms. The van der Waals surface area contributed by atoms with Crippen molar-refractivity contribution in [3.05, 3.63) is 33.0 Å². The van der Waals surface area contributed by atoms with Gasteiger partial charge in [0.2, 0.25) is 0 Å². The normalized spacial score (nSPS) is 15.1. The lowest BCUT2D eigenvalue weighted by atomic mass is 10.2. The summed E-state index contributed by atoms with van der Waals surface area (Å²) >= 11 is 6.95. The number of aromatic nitrogens is 3. The van der Waals surface area contributed by atoms with Gasteiger partial charge < -0.3 is 9.67 Å². The molecule has 1 heterocycles. The molecule has 2 aromatic rings. The quantitative estimate of drug-likeness (QED) is 0.899. The molecular weight excluding hydrogens is 362 g/mol. The molecule has 1 fully saturated rings. The Morgan fingerprint density at radius 1 is 1.17 bits per heavy atom. The molecule has 0 amide bonds. The topological polar surface area (TPSA) is 50.9 Å². The van der Waals surface area contributed by atoms with Crippen LogP contribution in [0.5, 0.6) is 0 Å². The fourth-order valence-corrected chi connectivity index (χ4v) is 3.32. The van der Waals surface area contributed by atoms with Gasteiger partial charge in [0.05, 0.1) is 0 Å². The van der Waals surface area contributed by atoms with Crippen LogP contribution in [-0.4, -0.2) is 19.9 Å². The first kappa shape index (κ1) is 12.3. The van der Waals surface area contributed by atoms with Gasteiger partial charge in [-0.15, -0.1) is 10.2 Å². The van der Waals surface area contributed by atoms with Gasteiger partial charge in [-0.2, -0.15) is 0 Å². The summed E-state index contributed by atoms with van der Waals surface area (Å²) in [6, 6.07) is 6.44. The standard InChI is InChI=1S/C12H11Br2N3O/c13-8-3-7(4-9(14)5-8)12-16-15-11(6-18)17(12)10-1-2-10/h3-5,10,18H,1-2,6H2. The van der Waals surface area contributed by atoms with Crippen molar-refractivity contribution in [2.75, 3.05) is 0 Å². The second-order valence-corrected chi connectivity index (χ2v) is 6.19. The summed E-state index contributed by atoms with van der Waals surface area (Å²) in [7, 11) is 0. The van der Waals surface area contributed by atoms with Crippen molar-refractivity contribution in [1.29, 1.82) is 0 Å². The third kappa shape index (κ3) is 2.24. The highest BCUT2D eigenvalue weighted by Gasteiger charge is 2.29. The first-order chi connectivity index (χ1) is 8.69. The summed E-state index contributed by atoms with van der Waals surface area (Å²) in [5.74, 6) is 1.46. The lowest BCUT2D eigenvalue weighted by molar-refractivity contribution is 0.265. The molecule has 1 aliphatic rings. The molecule has 1 aromatic carbocycles. The number of aliphatic hydroxyl groups is 1. The van der Waals surface area contributed by atoms with E-state index in [2.05, 4.69) is 42.1 Å². The monoisotopic (exact) mass is 371 g/mol. The number of nitrogens with zero attached hydrogens (tertiary/aromatic N) is 3. The minimum atomic E-state index is -0.0708. The molecular formula is C12H11Br2N3O. The summed E-state index contributed by atoms with van der Waals surface area (Å²) in [6.07, 6.45) is 2.26.